The lowest BCUT2D eigenvalue weighted by molar-refractivity contribution is -0.136. The van der Waals surface area contributed by atoms with E-state index in [1.807, 2.05) is 6.07 Å². The molecule has 2 aromatic rings. The number of amides is 3. The van der Waals surface area contributed by atoms with E-state index in [1.54, 1.807) is 6.07 Å². The lowest BCUT2D eigenvalue weighted by Crippen LogP contribution is -2.52. The summed E-state index contributed by atoms with van der Waals surface area (Å²) in [6.45, 7) is 0.478. The van der Waals surface area contributed by atoms with E-state index in [9.17, 15) is 22.8 Å². The van der Waals surface area contributed by atoms with E-state index in [-0.39, 0.29) is 65.3 Å². The molecule has 2 saturated heterocycles. The molecule has 0 aromatic heterocycles. The van der Waals surface area contributed by atoms with Gasteiger partial charge in [0, 0.05) is 31.6 Å². The third-order valence-corrected chi connectivity index (χ3v) is 9.44. The number of carbonyl (C=O) groups excluding carboxylic acids is 3. The second kappa shape index (κ2) is 9.52. The van der Waals surface area contributed by atoms with Crippen LogP contribution in [0.4, 0.5) is 4.39 Å². The monoisotopic (exact) mass is 544 g/mol. The number of carbonyl (C=O) groups is 3. The van der Waals surface area contributed by atoms with Crippen LogP contribution in [0.2, 0.25) is 5.02 Å². The van der Waals surface area contributed by atoms with Crippen molar-refractivity contribution in [2.24, 2.45) is 0 Å². The van der Waals surface area contributed by atoms with Gasteiger partial charge in [0.05, 0.1) is 15.5 Å². The first-order valence-corrected chi connectivity index (χ1v) is 13.6. The Morgan fingerprint density at radius 3 is 2.46 bits per heavy atom. The number of rotatable bonds is 4. The van der Waals surface area contributed by atoms with Crippen molar-refractivity contribution in [2.75, 3.05) is 13.1 Å². The molecule has 0 radical (unpaired) electrons. The Kier molecular flexibility index (Phi) is 6.52. The topological polar surface area (TPSA) is 128 Å². The SMILES string of the molecule is N#Cc1ccc(S(=O)(=O)N2CCC(c3cc4c(cc3F)C(=O)N(C3CCC(=O)NC3=O)C4)CC2)cc1Cl. The summed E-state index contributed by atoms with van der Waals surface area (Å²) >= 11 is 6.01. The molecule has 2 fully saturated rings. The van der Waals surface area contributed by atoms with Gasteiger partial charge in [0.15, 0.2) is 0 Å². The average Bonchev–Trinajstić information content (AvgIpc) is 3.18. The van der Waals surface area contributed by atoms with Crippen molar-refractivity contribution in [3.05, 3.63) is 63.4 Å². The second-order valence-corrected chi connectivity index (χ2v) is 11.7. The van der Waals surface area contributed by atoms with Crippen LogP contribution >= 0.6 is 11.6 Å². The molecular weight excluding hydrogens is 523 g/mol. The van der Waals surface area contributed by atoms with Gasteiger partial charge in [0.1, 0.15) is 17.9 Å². The second-order valence-electron chi connectivity index (χ2n) is 9.36. The standard InChI is InChI=1S/C25H22ClFN4O5S/c26-20-10-17(2-1-15(20)12-28)37(35,36)30-7-5-14(6-8-30)18-9-16-13-31(25(34)19(16)11-21(18)27)22-3-4-23(32)29-24(22)33/h1-2,9-11,14,22H,3-8,13H2,(H,29,32,33). The fraction of sp³-hybridized carbons (Fsp3) is 0.360. The van der Waals surface area contributed by atoms with E-state index in [0.717, 1.165) is 0 Å². The van der Waals surface area contributed by atoms with E-state index in [2.05, 4.69) is 5.32 Å². The number of benzene rings is 2. The first-order chi connectivity index (χ1) is 17.6. The number of halogens is 2. The molecule has 37 heavy (non-hydrogen) atoms. The molecule has 0 aliphatic carbocycles. The highest BCUT2D eigenvalue weighted by atomic mass is 35.5. The summed E-state index contributed by atoms with van der Waals surface area (Å²) in [5.74, 6) is -2.15. The number of nitrogens with zero attached hydrogens (tertiary/aromatic N) is 3. The van der Waals surface area contributed by atoms with E-state index in [1.165, 1.54) is 33.5 Å². The van der Waals surface area contributed by atoms with Gasteiger partial charge in [-0.3, -0.25) is 19.7 Å². The first-order valence-electron chi connectivity index (χ1n) is 11.8. The van der Waals surface area contributed by atoms with E-state index in [0.29, 0.717) is 24.0 Å². The lowest BCUT2D eigenvalue weighted by atomic mass is 9.88. The predicted molar refractivity (Wildman–Crippen MR) is 129 cm³/mol. The molecule has 2 aromatic carbocycles. The molecule has 3 heterocycles. The Balaban J connectivity index is 1.31. The minimum Gasteiger partial charge on any atom is -0.322 e. The van der Waals surface area contributed by atoms with Crippen molar-refractivity contribution in [3.8, 4) is 6.07 Å². The molecule has 3 aliphatic rings. The van der Waals surface area contributed by atoms with Crippen LogP contribution in [0.1, 0.15) is 58.6 Å². The molecule has 9 nitrogen and oxygen atoms in total. The molecule has 1 unspecified atom stereocenters. The number of piperidine rings is 2. The van der Waals surface area contributed by atoms with Gasteiger partial charge in [-0.15, -0.1) is 0 Å². The van der Waals surface area contributed by atoms with Crippen molar-refractivity contribution in [3.63, 3.8) is 0 Å². The van der Waals surface area contributed by atoms with Gasteiger partial charge < -0.3 is 4.90 Å². The molecule has 0 bridgehead atoms. The number of sulfonamides is 1. The molecule has 3 aliphatic heterocycles. The minimum atomic E-state index is -3.84. The number of fused-ring (bicyclic) bond motifs is 1. The van der Waals surface area contributed by atoms with Crippen LogP contribution in [-0.4, -0.2) is 54.5 Å². The summed E-state index contributed by atoms with van der Waals surface area (Å²) in [5, 5.41) is 11.3. The molecule has 3 amide bonds. The largest absolute Gasteiger partial charge is 0.322 e. The summed E-state index contributed by atoms with van der Waals surface area (Å²) in [7, 11) is -3.84. The maximum absolute atomic E-state index is 15.1. The fourth-order valence-electron chi connectivity index (χ4n) is 5.22. The van der Waals surface area contributed by atoms with Gasteiger partial charge in [-0.1, -0.05) is 17.7 Å². The van der Waals surface area contributed by atoms with Crippen molar-refractivity contribution in [2.45, 2.75) is 49.1 Å². The van der Waals surface area contributed by atoms with Crippen LogP contribution in [0.15, 0.2) is 35.2 Å². The van der Waals surface area contributed by atoms with Gasteiger partial charge in [0.2, 0.25) is 21.8 Å². The molecule has 0 saturated carbocycles. The summed E-state index contributed by atoms with van der Waals surface area (Å²) in [6.07, 6.45) is 1.11. The van der Waals surface area contributed by atoms with Gasteiger partial charge in [0.25, 0.3) is 5.91 Å². The molecule has 1 N–H and O–H groups in total. The van der Waals surface area contributed by atoms with Gasteiger partial charge in [-0.2, -0.15) is 9.57 Å². The highest BCUT2D eigenvalue weighted by molar-refractivity contribution is 7.89. The highest BCUT2D eigenvalue weighted by Gasteiger charge is 2.40. The number of nitrogens with one attached hydrogen (secondary N) is 1. The maximum atomic E-state index is 15.1. The van der Waals surface area contributed by atoms with Crippen molar-refractivity contribution < 1.29 is 27.2 Å². The van der Waals surface area contributed by atoms with Crippen LogP contribution in [0.3, 0.4) is 0 Å². The van der Waals surface area contributed by atoms with Crippen LogP contribution in [0.25, 0.3) is 0 Å². The van der Waals surface area contributed by atoms with Crippen molar-refractivity contribution in [1.29, 1.82) is 5.26 Å². The van der Waals surface area contributed by atoms with E-state index in [4.69, 9.17) is 16.9 Å². The number of nitriles is 1. The Labute approximate surface area is 217 Å². The Hall–Kier alpha value is -3.33. The van der Waals surface area contributed by atoms with Crippen LogP contribution in [-0.2, 0) is 26.2 Å². The van der Waals surface area contributed by atoms with Crippen molar-refractivity contribution >= 4 is 39.3 Å². The summed E-state index contributed by atoms with van der Waals surface area (Å²) in [5.41, 5.74) is 1.40. The molecule has 0 spiro atoms. The minimum absolute atomic E-state index is 0.00860. The van der Waals surface area contributed by atoms with Gasteiger partial charge in [-0.25, -0.2) is 12.8 Å². The number of imide groups is 1. The molecular formula is C25H22ClFN4O5S. The zero-order chi connectivity index (χ0) is 26.5. The summed E-state index contributed by atoms with van der Waals surface area (Å²) < 4.78 is 42.6. The van der Waals surface area contributed by atoms with Crippen LogP contribution < -0.4 is 5.32 Å². The summed E-state index contributed by atoms with van der Waals surface area (Å²) in [6, 6.07) is 7.91. The smallest absolute Gasteiger partial charge is 0.255 e. The predicted octanol–water partition coefficient (Wildman–Crippen LogP) is 2.68. The van der Waals surface area contributed by atoms with Gasteiger partial charge in [-0.05, 0) is 60.6 Å². The molecule has 12 heteroatoms. The van der Waals surface area contributed by atoms with Crippen LogP contribution in [0, 0.1) is 17.1 Å². The quantitative estimate of drug-likeness (QED) is 0.589. The Morgan fingerprint density at radius 1 is 1.08 bits per heavy atom. The zero-order valence-electron chi connectivity index (χ0n) is 19.5. The number of hydrogen-bond donors (Lipinski definition) is 1. The number of hydrogen-bond acceptors (Lipinski definition) is 6. The van der Waals surface area contributed by atoms with Gasteiger partial charge >= 0.3 is 0 Å². The molecule has 5 rings (SSSR count). The van der Waals surface area contributed by atoms with E-state index < -0.39 is 33.7 Å². The van der Waals surface area contributed by atoms with Crippen LogP contribution in [0.5, 0.6) is 0 Å². The fourth-order valence-corrected chi connectivity index (χ4v) is 7.01. The summed E-state index contributed by atoms with van der Waals surface area (Å²) in [4.78, 5) is 38.0. The highest BCUT2D eigenvalue weighted by Crippen LogP contribution is 2.36. The lowest BCUT2D eigenvalue weighted by Gasteiger charge is -2.31. The van der Waals surface area contributed by atoms with Crippen molar-refractivity contribution in [1.82, 2.24) is 14.5 Å². The zero-order valence-corrected chi connectivity index (χ0v) is 21.1. The first kappa shape index (κ1) is 25.3. The molecule has 1 atom stereocenters. The Bertz CT molecular complexity index is 1480. The normalized spacial score (nSPS) is 21.1. The average molecular weight is 545 g/mol. The Morgan fingerprint density at radius 2 is 1.81 bits per heavy atom. The van der Waals surface area contributed by atoms with E-state index >= 15 is 4.39 Å². The maximum Gasteiger partial charge on any atom is 0.255 e. The molecule has 192 valence electrons. The third-order valence-electron chi connectivity index (χ3n) is 7.23. The third kappa shape index (κ3) is 4.50.